The number of rotatable bonds is 3. The molecule has 0 fully saturated rings. The van der Waals surface area contributed by atoms with Gasteiger partial charge in [-0.3, -0.25) is 0 Å². The zero-order valence-electron chi connectivity index (χ0n) is 10.5. The van der Waals surface area contributed by atoms with Crippen LogP contribution in [0.1, 0.15) is 5.56 Å². The average molecular weight is 252 g/mol. The first-order chi connectivity index (χ1) is 8.51. The highest BCUT2D eigenvalue weighted by atomic mass is 16.5. The summed E-state index contributed by atoms with van der Waals surface area (Å²) in [7, 11) is 4.68. The van der Waals surface area contributed by atoms with Crippen LogP contribution in [0.2, 0.25) is 0 Å². The largest absolute Gasteiger partial charge is 0.495 e. The second-order valence-electron chi connectivity index (χ2n) is 3.69. The van der Waals surface area contributed by atoms with Gasteiger partial charge in [-0.15, -0.1) is 0 Å². The molecule has 7 nitrogen and oxygen atoms in total. The van der Waals surface area contributed by atoms with E-state index in [0.29, 0.717) is 17.0 Å². The minimum absolute atomic E-state index is 0.108. The summed E-state index contributed by atoms with van der Waals surface area (Å²) in [4.78, 5) is 13.0. The van der Waals surface area contributed by atoms with E-state index in [4.69, 9.17) is 15.7 Å². The van der Waals surface area contributed by atoms with Crippen LogP contribution in [0.5, 0.6) is 5.75 Å². The van der Waals surface area contributed by atoms with Gasteiger partial charge in [-0.2, -0.15) is 0 Å². The summed E-state index contributed by atoms with van der Waals surface area (Å²) in [6.45, 7) is 0. The van der Waals surface area contributed by atoms with E-state index in [-0.39, 0.29) is 11.9 Å². The molecule has 98 valence electrons. The Balaban J connectivity index is 3.24. The van der Waals surface area contributed by atoms with Crippen molar-refractivity contribution in [1.82, 2.24) is 4.90 Å². The highest BCUT2D eigenvalue weighted by molar-refractivity contribution is 6.06. The molecule has 0 bridgehead atoms. The topological polar surface area (TPSA) is 100 Å². The van der Waals surface area contributed by atoms with Crippen molar-refractivity contribution in [2.24, 2.45) is 10.9 Å². The molecule has 18 heavy (non-hydrogen) atoms. The number of hydrogen-bond acceptors (Lipinski definition) is 4. The molecule has 0 saturated carbocycles. The van der Waals surface area contributed by atoms with Crippen molar-refractivity contribution in [3.63, 3.8) is 0 Å². The molecule has 0 aromatic heterocycles. The lowest BCUT2D eigenvalue weighted by molar-refractivity contribution is 0.230. The number of hydrogen-bond donors (Lipinski definition) is 3. The summed E-state index contributed by atoms with van der Waals surface area (Å²) in [6.07, 6.45) is 0. The molecule has 0 aliphatic heterocycles. The molecule has 0 saturated heterocycles. The highest BCUT2D eigenvalue weighted by Gasteiger charge is 2.15. The lowest BCUT2D eigenvalue weighted by Crippen LogP contribution is -2.29. The standard InChI is InChI=1S/C11H16N4O3/c1-15(2)11(16)13-9-7(10(12)14-17)5-4-6-8(9)18-3/h4-6,17H,1-3H3,(H2,12,14)(H,13,16). The van der Waals surface area contributed by atoms with Gasteiger partial charge in [0.2, 0.25) is 0 Å². The number of amides is 2. The van der Waals surface area contributed by atoms with Crippen molar-refractivity contribution in [2.45, 2.75) is 0 Å². The van der Waals surface area contributed by atoms with Crippen molar-refractivity contribution >= 4 is 17.6 Å². The molecule has 0 heterocycles. The summed E-state index contributed by atoms with van der Waals surface area (Å²) in [6, 6.07) is 4.62. The highest BCUT2D eigenvalue weighted by Crippen LogP contribution is 2.28. The summed E-state index contributed by atoms with van der Waals surface area (Å²) in [5.74, 6) is 0.317. The van der Waals surface area contributed by atoms with Gasteiger partial charge in [0.15, 0.2) is 5.84 Å². The number of oxime groups is 1. The number of para-hydroxylation sites is 1. The first kappa shape index (κ1) is 13.6. The van der Waals surface area contributed by atoms with Gasteiger partial charge in [0.25, 0.3) is 0 Å². The van der Waals surface area contributed by atoms with Gasteiger partial charge in [-0.05, 0) is 12.1 Å². The van der Waals surface area contributed by atoms with Crippen LogP contribution in [0, 0.1) is 0 Å². The first-order valence-electron chi connectivity index (χ1n) is 5.14. The number of urea groups is 1. The number of carbonyl (C=O) groups is 1. The van der Waals surface area contributed by atoms with E-state index < -0.39 is 0 Å². The summed E-state index contributed by atoms with van der Waals surface area (Å²) in [5.41, 5.74) is 6.29. The number of benzene rings is 1. The molecule has 0 spiro atoms. The van der Waals surface area contributed by atoms with Gasteiger partial charge in [0.05, 0.1) is 12.8 Å². The molecule has 2 amide bonds. The van der Waals surface area contributed by atoms with E-state index >= 15 is 0 Å². The van der Waals surface area contributed by atoms with Gasteiger partial charge >= 0.3 is 6.03 Å². The monoisotopic (exact) mass is 252 g/mol. The molecule has 1 aromatic carbocycles. The van der Waals surface area contributed by atoms with Gasteiger partial charge in [0, 0.05) is 19.7 Å². The molecule has 0 radical (unpaired) electrons. The fourth-order valence-electron chi connectivity index (χ4n) is 1.32. The Labute approximate surface area is 105 Å². The van der Waals surface area contributed by atoms with E-state index in [1.807, 2.05) is 0 Å². The summed E-state index contributed by atoms with van der Waals surface area (Å²) in [5, 5.41) is 14.3. The molecule has 0 aliphatic rings. The van der Waals surface area contributed by atoms with Crippen LogP contribution in [-0.4, -0.2) is 43.2 Å². The number of nitrogens with one attached hydrogen (secondary N) is 1. The van der Waals surface area contributed by atoms with Crippen molar-refractivity contribution in [3.8, 4) is 5.75 Å². The van der Waals surface area contributed by atoms with Crippen LogP contribution in [-0.2, 0) is 0 Å². The molecule has 4 N–H and O–H groups in total. The normalized spacial score (nSPS) is 10.9. The predicted molar refractivity (Wildman–Crippen MR) is 68.2 cm³/mol. The Morgan fingerprint density at radius 1 is 1.50 bits per heavy atom. The van der Waals surface area contributed by atoms with Gasteiger partial charge < -0.3 is 25.9 Å². The van der Waals surface area contributed by atoms with E-state index in [2.05, 4.69) is 10.5 Å². The summed E-state index contributed by atoms with van der Waals surface area (Å²) >= 11 is 0. The molecular formula is C11H16N4O3. The predicted octanol–water partition coefficient (Wildman–Crippen LogP) is 0.883. The third kappa shape index (κ3) is 2.82. The van der Waals surface area contributed by atoms with Crippen molar-refractivity contribution in [2.75, 3.05) is 26.5 Å². The quantitative estimate of drug-likeness (QED) is 0.322. The van der Waals surface area contributed by atoms with Crippen LogP contribution in [0.4, 0.5) is 10.5 Å². The van der Waals surface area contributed by atoms with Gasteiger partial charge in [-0.25, -0.2) is 4.79 Å². The number of methoxy groups -OCH3 is 1. The fourth-order valence-corrected chi connectivity index (χ4v) is 1.32. The second kappa shape index (κ2) is 5.76. The molecule has 0 atom stereocenters. The molecule has 0 unspecified atom stereocenters. The number of anilines is 1. The Morgan fingerprint density at radius 2 is 2.17 bits per heavy atom. The van der Waals surface area contributed by atoms with Crippen LogP contribution in [0.25, 0.3) is 0 Å². The maximum absolute atomic E-state index is 11.7. The van der Waals surface area contributed by atoms with E-state index in [0.717, 1.165) is 0 Å². The maximum atomic E-state index is 11.7. The Kier molecular flexibility index (Phi) is 4.36. The van der Waals surface area contributed by atoms with Gasteiger partial charge in [0.1, 0.15) is 5.75 Å². The van der Waals surface area contributed by atoms with E-state index in [1.54, 1.807) is 32.3 Å². The lowest BCUT2D eigenvalue weighted by Gasteiger charge is -2.17. The zero-order valence-corrected chi connectivity index (χ0v) is 10.5. The maximum Gasteiger partial charge on any atom is 0.321 e. The molecule has 1 rings (SSSR count). The van der Waals surface area contributed by atoms with Crippen LogP contribution in [0.15, 0.2) is 23.4 Å². The number of nitrogens with zero attached hydrogens (tertiary/aromatic N) is 2. The Bertz CT molecular complexity index is 471. The van der Waals surface area contributed by atoms with Crippen LogP contribution < -0.4 is 15.8 Å². The van der Waals surface area contributed by atoms with Crippen molar-refractivity contribution in [3.05, 3.63) is 23.8 Å². The van der Waals surface area contributed by atoms with Crippen LogP contribution >= 0.6 is 0 Å². The number of carbonyl (C=O) groups excluding carboxylic acids is 1. The summed E-state index contributed by atoms with van der Waals surface area (Å²) < 4.78 is 5.14. The van der Waals surface area contributed by atoms with Crippen molar-refractivity contribution < 1.29 is 14.7 Å². The van der Waals surface area contributed by atoms with Crippen LogP contribution in [0.3, 0.4) is 0 Å². The molecule has 7 heteroatoms. The third-order valence-electron chi connectivity index (χ3n) is 2.27. The minimum Gasteiger partial charge on any atom is -0.495 e. The number of nitrogens with two attached hydrogens (primary N) is 1. The van der Waals surface area contributed by atoms with E-state index in [1.165, 1.54) is 12.0 Å². The minimum atomic E-state index is -0.341. The van der Waals surface area contributed by atoms with Gasteiger partial charge in [-0.1, -0.05) is 11.2 Å². The second-order valence-corrected chi connectivity index (χ2v) is 3.69. The number of amidine groups is 1. The van der Waals surface area contributed by atoms with E-state index in [9.17, 15) is 4.79 Å². The molecule has 1 aromatic rings. The lowest BCUT2D eigenvalue weighted by atomic mass is 10.1. The number of ether oxygens (including phenoxy) is 1. The average Bonchev–Trinajstić information content (AvgIpc) is 2.37. The molecule has 0 aliphatic carbocycles. The third-order valence-corrected chi connectivity index (χ3v) is 2.27. The zero-order chi connectivity index (χ0) is 13.7. The molecular weight excluding hydrogens is 236 g/mol. The Hall–Kier alpha value is -2.44. The SMILES string of the molecule is COc1cccc(/C(N)=N/O)c1NC(=O)N(C)C. The first-order valence-corrected chi connectivity index (χ1v) is 5.14. The fraction of sp³-hybridized carbons (Fsp3) is 0.273. The smallest absolute Gasteiger partial charge is 0.321 e. The van der Waals surface area contributed by atoms with Crippen molar-refractivity contribution in [1.29, 1.82) is 0 Å². The Morgan fingerprint density at radius 3 is 2.67 bits per heavy atom.